The molecule has 0 aliphatic rings. The summed E-state index contributed by atoms with van der Waals surface area (Å²) in [5.74, 6) is -0.709. The second kappa shape index (κ2) is 5.11. The molecule has 0 aromatic heterocycles. The van der Waals surface area contributed by atoms with E-state index >= 15 is 0 Å². The van der Waals surface area contributed by atoms with E-state index in [1.807, 2.05) is 0 Å². The third-order valence-electron chi connectivity index (χ3n) is 1.78. The lowest BCUT2D eigenvalue weighted by Crippen LogP contribution is -2.34. The molecule has 0 saturated heterocycles. The predicted molar refractivity (Wildman–Crippen MR) is 51.4 cm³/mol. The first kappa shape index (κ1) is 13.1. The van der Waals surface area contributed by atoms with Gasteiger partial charge < -0.3 is 4.74 Å². The van der Waals surface area contributed by atoms with Gasteiger partial charge in [-0.2, -0.15) is 8.42 Å². The van der Waals surface area contributed by atoms with Crippen molar-refractivity contribution in [1.29, 1.82) is 0 Å². The SMILES string of the molecule is C=CC(=O)OC(C)C(CC)S(=O)(=O)O. The van der Waals surface area contributed by atoms with Gasteiger partial charge in [-0.05, 0) is 13.3 Å². The number of hydrogen-bond donors (Lipinski definition) is 1. The van der Waals surface area contributed by atoms with Gasteiger partial charge in [-0.25, -0.2) is 4.79 Å². The zero-order valence-corrected chi connectivity index (χ0v) is 8.95. The maximum atomic E-state index is 10.8. The second-order valence-corrected chi connectivity index (χ2v) is 4.44. The quantitative estimate of drug-likeness (QED) is 0.422. The van der Waals surface area contributed by atoms with Gasteiger partial charge in [-0.1, -0.05) is 13.5 Å². The molecule has 0 spiro atoms. The molecule has 0 amide bonds. The van der Waals surface area contributed by atoms with E-state index in [2.05, 4.69) is 11.3 Å². The van der Waals surface area contributed by atoms with Gasteiger partial charge in [-0.3, -0.25) is 4.55 Å². The van der Waals surface area contributed by atoms with E-state index in [-0.39, 0.29) is 6.42 Å². The first-order valence-corrected chi connectivity index (χ1v) is 5.62. The minimum Gasteiger partial charge on any atom is -0.458 e. The number of carbonyl (C=O) groups excluding carboxylic acids is 1. The topological polar surface area (TPSA) is 80.7 Å². The average molecular weight is 222 g/mol. The van der Waals surface area contributed by atoms with Crippen molar-refractivity contribution < 1.29 is 22.5 Å². The molecule has 0 fully saturated rings. The van der Waals surface area contributed by atoms with Crippen molar-refractivity contribution in [2.24, 2.45) is 0 Å². The van der Waals surface area contributed by atoms with Gasteiger partial charge in [0, 0.05) is 6.08 Å². The van der Waals surface area contributed by atoms with E-state index in [1.54, 1.807) is 6.92 Å². The van der Waals surface area contributed by atoms with Crippen LogP contribution >= 0.6 is 0 Å². The second-order valence-electron chi connectivity index (χ2n) is 2.81. The minimum absolute atomic E-state index is 0.171. The fourth-order valence-corrected chi connectivity index (χ4v) is 2.05. The number of hydrogen-bond acceptors (Lipinski definition) is 4. The van der Waals surface area contributed by atoms with Gasteiger partial charge >= 0.3 is 5.97 Å². The van der Waals surface area contributed by atoms with Crippen LogP contribution in [-0.4, -0.2) is 30.3 Å². The monoisotopic (exact) mass is 222 g/mol. The van der Waals surface area contributed by atoms with Crippen molar-refractivity contribution in [3.8, 4) is 0 Å². The average Bonchev–Trinajstić information content (AvgIpc) is 2.02. The molecule has 14 heavy (non-hydrogen) atoms. The van der Waals surface area contributed by atoms with Gasteiger partial charge in [0.1, 0.15) is 11.4 Å². The Bertz CT molecular complexity index is 306. The summed E-state index contributed by atoms with van der Waals surface area (Å²) in [6.45, 7) is 6.16. The Morgan fingerprint density at radius 2 is 2.14 bits per heavy atom. The van der Waals surface area contributed by atoms with Gasteiger partial charge in [0.05, 0.1) is 0 Å². The molecule has 5 nitrogen and oxygen atoms in total. The normalized spacial score (nSPS) is 15.6. The Labute approximate surface area is 83.5 Å². The number of esters is 1. The fourth-order valence-electron chi connectivity index (χ4n) is 1.09. The molecule has 0 heterocycles. The maximum Gasteiger partial charge on any atom is 0.330 e. The van der Waals surface area contributed by atoms with Gasteiger partial charge in [0.25, 0.3) is 10.1 Å². The molecule has 0 aliphatic heterocycles. The Kier molecular flexibility index (Phi) is 4.79. The van der Waals surface area contributed by atoms with Gasteiger partial charge in [-0.15, -0.1) is 0 Å². The van der Waals surface area contributed by atoms with Crippen molar-refractivity contribution in [2.75, 3.05) is 0 Å². The molecule has 6 heteroatoms. The zero-order chi connectivity index (χ0) is 11.4. The third kappa shape index (κ3) is 3.89. The van der Waals surface area contributed by atoms with Crippen LogP contribution in [0.15, 0.2) is 12.7 Å². The van der Waals surface area contributed by atoms with E-state index in [1.165, 1.54) is 6.92 Å². The van der Waals surface area contributed by atoms with E-state index in [4.69, 9.17) is 4.55 Å². The molecule has 2 unspecified atom stereocenters. The van der Waals surface area contributed by atoms with Crippen LogP contribution in [0.3, 0.4) is 0 Å². The lowest BCUT2D eigenvalue weighted by atomic mass is 10.2. The van der Waals surface area contributed by atoms with Gasteiger partial charge in [0.15, 0.2) is 0 Å². The molecular formula is C8H14O5S. The summed E-state index contributed by atoms with van der Waals surface area (Å²) < 4.78 is 35.1. The summed E-state index contributed by atoms with van der Waals surface area (Å²) in [6, 6.07) is 0. The smallest absolute Gasteiger partial charge is 0.330 e. The van der Waals surface area contributed by atoms with Crippen molar-refractivity contribution in [3.05, 3.63) is 12.7 Å². The highest BCUT2D eigenvalue weighted by atomic mass is 32.2. The molecule has 82 valence electrons. The lowest BCUT2D eigenvalue weighted by molar-refractivity contribution is -0.142. The molecule has 0 aliphatic carbocycles. The minimum atomic E-state index is -4.18. The third-order valence-corrected chi connectivity index (χ3v) is 3.26. The van der Waals surface area contributed by atoms with Crippen LogP contribution in [0.4, 0.5) is 0 Å². The van der Waals surface area contributed by atoms with Crippen LogP contribution < -0.4 is 0 Å². The van der Waals surface area contributed by atoms with E-state index in [0.717, 1.165) is 6.08 Å². The summed E-state index contributed by atoms with van der Waals surface area (Å²) in [4.78, 5) is 10.8. The predicted octanol–water partition coefficient (Wildman–Crippen LogP) is 0.770. The molecule has 0 radical (unpaired) electrons. The summed E-state index contributed by atoms with van der Waals surface area (Å²) in [7, 11) is -4.18. The molecule has 0 saturated carbocycles. The molecule has 2 atom stereocenters. The van der Waals surface area contributed by atoms with E-state index in [0.29, 0.717) is 0 Å². The molecule has 0 rings (SSSR count). The molecule has 1 N–H and O–H groups in total. The Morgan fingerprint density at radius 3 is 2.43 bits per heavy atom. The number of carbonyl (C=O) groups is 1. The fraction of sp³-hybridized carbons (Fsp3) is 0.625. The van der Waals surface area contributed by atoms with E-state index < -0.39 is 27.4 Å². The maximum absolute atomic E-state index is 10.8. The number of rotatable bonds is 5. The summed E-state index contributed by atoms with van der Waals surface area (Å²) in [6.07, 6.45) is 0.220. The largest absolute Gasteiger partial charge is 0.458 e. The van der Waals surface area contributed by atoms with Crippen molar-refractivity contribution >= 4 is 16.1 Å². The Hall–Kier alpha value is -0.880. The van der Waals surface area contributed by atoms with Crippen LogP contribution in [0.1, 0.15) is 20.3 Å². The summed E-state index contributed by atoms with van der Waals surface area (Å²) >= 11 is 0. The molecule has 0 bridgehead atoms. The summed E-state index contributed by atoms with van der Waals surface area (Å²) in [5.41, 5.74) is 0. The van der Waals surface area contributed by atoms with Crippen LogP contribution in [0.25, 0.3) is 0 Å². The number of ether oxygens (including phenoxy) is 1. The lowest BCUT2D eigenvalue weighted by Gasteiger charge is -2.19. The van der Waals surface area contributed by atoms with Crippen LogP contribution in [0, 0.1) is 0 Å². The Morgan fingerprint density at radius 1 is 1.64 bits per heavy atom. The first-order chi connectivity index (χ1) is 6.32. The zero-order valence-electron chi connectivity index (χ0n) is 8.13. The summed E-state index contributed by atoms with van der Waals surface area (Å²) in [5, 5.41) is -1.09. The van der Waals surface area contributed by atoms with Crippen LogP contribution in [0.2, 0.25) is 0 Å². The van der Waals surface area contributed by atoms with Gasteiger partial charge in [0.2, 0.25) is 0 Å². The van der Waals surface area contributed by atoms with Crippen LogP contribution in [0.5, 0.6) is 0 Å². The standard InChI is InChI=1S/C8H14O5S/c1-4-7(14(10,11)12)6(3)13-8(9)5-2/h5-7H,2,4H2,1,3H3,(H,10,11,12). The van der Waals surface area contributed by atoms with Crippen molar-refractivity contribution in [1.82, 2.24) is 0 Å². The van der Waals surface area contributed by atoms with Crippen molar-refractivity contribution in [2.45, 2.75) is 31.6 Å². The first-order valence-electron chi connectivity index (χ1n) is 4.12. The molecule has 0 aromatic rings. The highest BCUT2D eigenvalue weighted by molar-refractivity contribution is 7.86. The Balaban J connectivity index is 4.56. The highest BCUT2D eigenvalue weighted by Gasteiger charge is 2.29. The van der Waals surface area contributed by atoms with Crippen molar-refractivity contribution in [3.63, 3.8) is 0 Å². The molecule has 0 aromatic carbocycles. The van der Waals surface area contributed by atoms with E-state index in [9.17, 15) is 13.2 Å². The highest BCUT2D eigenvalue weighted by Crippen LogP contribution is 2.12. The van der Waals surface area contributed by atoms with Crippen LogP contribution in [-0.2, 0) is 19.6 Å². The molecular weight excluding hydrogens is 208 g/mol.